The fraction of sp³-hybridized carbons (Fsp3) is 0.800. The molecule has 5 heteroatoms. The van der Waals surface area contributed by atoms with Crippen molar-refractivity contribution in [3.8, 4) is 0 Å². The van der Waals surface area contributed by atoms with Crippen LogP contribution in [0.4, 0.5) is 4.79 Å². The number of urea groups is 1. The fourth-order valence-electron chi connectivity index (χ4n) is 1.93. The van der Waals surface area contributed by atoms with Gasteiger partial charge in [0, 0.05) is 13.1 Å². The molecule has 2 atom stereocenters. The summed E-state index contributed by atoms with van der Waals surface area (Å²) in [5.74, 6) is -0.0930. The van der Waals surface area contributed by atoms with Crippen LogP contribution in [0.25, 0.3) is 0 Å². The zero-order valence-corrected chi connectivity index (χ0v) is 9.78. The average molecular weight is 213 g/mol. The molecule has 5 nitrogen and oxygen atoms in total. The first-order chi connectivity index (χ1) is 7.04. The SMILES string of the molecule is CCN1C(=O)N(C(C)CNC)C(=O)C1C. The summed E-state index contributed by atoms with van der Waals surface area (Å²) in [6.45, 7) is 6.73. The third kappa shape index (κ3) is 1.97. The van der Waals surface area contributed by atoms with Gasteiger partial charge in [-0.25, -0.2) is 4.79 Å². The molecule has 0 aromatic rings. The Kier molecular flexibility index (Phi) is 3.68. The van der Waals surface area contributed by atoms with E-state index >= 15 is 0 Å². The summed E-state index contributed by atoms with van der Waals surface area (Å²) in [6.07, 6.45) is 0. The van der Waals surface area contributed by atoms with Crippen molar-refractivity contribution in [2.24, 2.45) is 0 Å². The molecule has 2 unspecified atom stereocenters. The van der Waals surface area contributed by atoms with Gasteiger partial charge in [0.25, 0.3) is 5.91 Å². The lowest BCUT2D eigenvalue weighted by Gasteiger charge is -2.22. The van der Waals surface area contributed by atoms with Gasteiger partial charge < -0.3 is 10.2 Å². The molecule has 0 radical (unpaired) electrons. The fourth-order valence-corrected chi connectivity index (χ4v) is 1.93. The van der Waals surface area contributed by atoms with Crippen molar-refractivity contribution in [2.45, 2.75) is 32.9 Å². The van der Waals surface area contributed by atoms with Crippen LogP contribution in [0, 0.1) is 0 Å². The lowest BCUT2D eigenvalue weighted by Crippen LogP contribution is -2.44. The van der Waals surface area contributed by atoms with Gasteiger partial charge in [-0.2, -0.15) is 0 Å². The predicted octanol–water partition coefficient (Wildman–Crippen LogP) is 0.267. The molecular formula is C10H19N3O2. The molecule has 0 aromatic heterocycles. The predicted molar refractivity (Wildman–Crippen MR) is 57.5 cm³/mol. The second-order valence-electron chi connectivity index (χ2n) is 3.86. The second-order valence-corrected chi connectivity index (χ2v) is 3.86. The molecule has 1 rings (SSSR count). The largest absolute Gasteiger partial charge is 0.327 e. The van der Waals surface area contributed by atoms with E-state index in [2.05, 4.69) is 5.32 Å². The molecule has 0 aromatic carbocycles. The van der Waals surface area contributed by atoms with Crippen LogP contribution in [0.1, 0.15) is 20.8 Å². The molecule has 1 aliphatic rings. The summed E-state index contributed by atoms with van der Waals surface area (Å²) in [6, 6.07) is -0.575. The maximum Gasteiger partial charge on any atom is 0.327 e. The lowest BCUT2D eigenvalue weighted by atomic mass is 10.2. The first kappa shape index (κ1) is 12.0. The van der Waals surface area contributed by atoms with E-state index in [4.69, 9.17) is 0 Å². The van der Waals surface area contributed by atoms with Crippen molar-refractivity contribution >= 4 is 11.9 Å². The van der Waals surface area contributed by atoms with Crippen molar-refractivity contribution < 1.29 is 9.59 Å². The highest BCUT2D eigenvalue weighted by molar-refractivity contribution is 6.04. The van der Waals surface area contributed by atoms with E-state index in [0.717, 1.165) is 0 Å². The van der Waals surface area contributed by atoms with Crippen molar-refractivity contribution in [3.05, 3.63) is 0 Å². The van der Waals surface area contributed by atoms with E-state index in [9.17, 15) is 9.59 Å². The van der Waals surface area contributed by atoms with E-state index in [1.165, 1.54) is 4.90 Å². The van der Waals surface area contributed by atoms with E-state index in [-0.39, 0.29) is 24.0 Å². The molecule has 3 amide bonds. The van der Waals surface area contributed by atoms with Gasteiger partial charge in [0.2, 0.25) is 0 Å². The minimum absolute atomic E-state index is 0.0889. The van der Waals surface area contributed by atoms with Crippen LogP contribution >= 0.6 is 0 Å². The molecule has 86 valence electrons. The monoisotopic (exact) mass is 213 g/mol. The highest BCUT2D eigenvalue weighted by Crippen LogP contribution is 2.19. The van der Waals surface area contributed by atoms with Crippen molar-refractivity contribution in [1.29, 1.82) is 0 Å². The molecule has 0 saturated carbocycles. The minimum Gasteiger partial charge on any atom is -0.318 e. The molecule has 0 aliphatic carbocycles. The summed E-state index contributed by atoms with van der Waals surface area (Å²) in [5.41, 5.74) is 0. The van der Waals surface area contributed by atoms with E-state index < -0.39 is 0 Å². The number of nitrogens with one attached hydrogen (secondary N) is 1. The molecule has 15 heavy (non-hydrogen) atoms. The molecular weight excluding hydrogens is 194 g/mol. The number of nitrogens with zero attached hydrogens (tertiary/aromatic N) is 2. The van der Waals surface area contributed by atoms with Crippen LogP contribution in [0.2, 0.25) is 0 Å². The van der Waals surface area contributed by atoms with Crippen LogP contribution in [0.5, 0.6) is 0 Å². The van der Waals surface area contributed by atoms with Crippen LogP contribution in [-0.4, -0.2) is 54.0 Å². The highest BCUT2D eigenvalue weighted by Gasteiger charge is 2.43. The van der Waals surface area contributed by atoms with Crippen LogP contribution in [0.3, 0.4) is 0 Å². The highest BCUT2D eigenvalue weighted by atomic mass is 16.2. The van der Waals surface area contributed by atoms with Gasteiger partial charge in [-0.3, -0.25) is 9.69 Å². The Bertz CT molecular complexity index is 267. The topological polar surface area (TPSA) is 52.7 Å². The Hall–Kier alpha value is -1.10. The van der Waals surface area contributed by atoms with E-state index in [0.29, 0.717) is 13.1 Å². The standard InChI is InChI=1S/C10H19N3O2/c1-5-12-8(3)9(14)13(10(12)15)7(2)6-11-4/h7-8,11H,5-6H2,1-4H3. The Morgan fingerprint density at radius 2 is 2.07 bits per heavy atom. The molecule has 1 fully saturated rings. The maximum absolute atomic E-state index is 11.9. The molecule has 0 spiro atoms. The molecule has 1 N–H and O–H groups in total. The molecule has 1 saturated heterocycles. The lowest BCUT2D eigenvalue weighted by molar-refractivity contribution is -0.129. The van der Waals surface area contributed by atoms with Crippen LogP contribution in [-0.2, 0) is 4.79 Å². The van der Waals surface area contributed by atoms with Crippen LogP contribution in [0.15, 0.2) is 0 Å². The summed E-state index contributed by atoms with van der Waals surface area (Å²) in [4.78, 5) is 26.7. The number of likely N-dealkylation sites (N-methyl/N-ethyl adjacent to an activating group) is 2. The smallest absolute Gasteiger partial charge is 0.318 e. The van der Waals surface area contributed by atoms with Gasteiger partial charge in [-0.05, 0) is 27.8 Å². The van der Waals surface area contributed by atoms with Gasteiger partial charge >= 0.3 is 6.03 Å². The van der Waals surface area contributed by atoms with Crippen molar-refractivity contribution in [2.75, 3.05) is 20.1 Å². The summed E-state index contributed by atoms with van der Waals surface area (Å²) in [7, 11) is 1.81. The summed E-state index contributed by atoms with van der Waals surface area (Å²) >= 11 is 0. The maximum atomic E-state index is 11.9. The van der Waals surface area contributed by atoms with E-state index in [1.54, 1.807) is 11.8 Å². The van der Waals surface area contributed by atoms with Crippen molar-refractivity contribution in [3.63, 3.8) is 0 Å². The Morgan fingerprint density at radius 3 is 2.47 bits per heavy atom. The summed E-state index contributed by atoms with van der Waals surface area (Å²) in [5, 5.41) is 2.97. The van der Waals surface area contributed by atoms with Gasteiger partial charge in [0.05, 0.1) is 6.04 Å². The van der Waals surface area contributed by atoms with Gasteiger partial charge in [-0.15, -0.1) is 0 Å². The number of carbonyl (C=O) groups excluding carboxylic acids is 2. The average Bonchev–Trinajstić information content (AvgIpc) is 2.39. The minimum atomic E-state index is -0.318. The van der Waals surface area contributed by atoms with Gasteiger partial charge in [-0.1, -0.05) is 0 Å². The number of hydrogen-bond donors (Lipinski definition) is 1. The number of rotatable bonds is 4. The third-order valence-corrected chi connectivity index (χ3v) is 2.80. The van der Waals surface area contributed by atoms with Crippen molar-refractivity contribution in [1.82, 2.24) is 15.1 Å². The normalized spacial score (nSPS) is 23.9. The molecule has 0 bridgehead atoms. The number of amides is 3. The first-order valence-electron chi connectivity index (χ1n) is 5.32. The summed E-state index contributed by atoms with van der Waals surface area (Å²) < 4.78 is 0. The molecule has 1 aliphatic heterocycles. The Morgan fingerprint density at radius 1 is 1.47 bits per heavy atom. The second kappa shape index (κ2) is 4.61. The number of carbonyl (C=O) groups is 2. The first-order valence-corrected chi connectivity index (χ1v) is 5.32. The van der Waals surface area contributed by atoms with E-state index in [1.807, 2.05) is 20.9 Å². The van der Waals surface area contributed by atoms with Gasteiger partial charge in [0.15, 0.2) is 0 Å². The van der Waals surface area contributed by atoms with Crippen LogP contribution < -0.4 is 5.32 Å². The zero-order valence-electron chi connectivity index (χ0n) is 9.78. The number of hydrogen-bond acceptors (Lipinski definition) is 3. The quantitative estimate of drug-likeness (QED) is 0.682. The Labute approximate surface area is 90.4 Å². The molecule has 1 heterocycles. The van der Waals surface area contributed by atoms with Gasteiger partial charge in [0.1, 0.15) is 6.04 Å². The number of imide groups is 1. The Balaban J connectivity index is 2.82. The third-order valence-electron chi connectivity index (χ3n) is 2.80. The zero-order chi connectivity index (χ0) is 11.6.